The van der Waals surface area contributed by atoms with Crippen molar-refractivity contribution in [3.63, 3.8) is 0 Å². The highest BCUT2D eigenvalue weighted by Gasteiger charge is 2.12. The summed E-state index contributed by atoms with van der Waals surface area (Å²) in [4.78, 5) is 4.31. The smallest absolute Gasteiger partial charge is 0.100 e. The van der Waals surface area contributed by atoms with E-state index >= 15 is 0 Å². The first-order valence-electron chi connectivity index (χ1n) is 5.34. The summed E-state index contributed by atoms with van der Waals surface area (Å²) in [5.74, 6) is 0. The molecule has 0 saturated carbocycles. The molecule has 0 amide bonds. The average molecular weight is 278 g/mol. The maximum Gasteiger partial charge on any atom is 0.100 e. The molecule has 3 nitrogen and oxygen atoms in total. The van der Waals surface area contributed by atoms with Crippen LogP contribution >= 0.6 is 23.2 Å². The van der Waals surface area contributed by atoms with Crippen LogP contribution in [0.5, 0.6) is 0 Å². The second kappa shape index (κ2) is 4.19. The number of nitrogen functional groups attached to an aromatic ring is 1. The van der Waals surface area contributed by atoms with Crippen molar-refractivity contribution in [2.45, 2.75) is 0 Å². The van der Waals surface area contributed by atoms with Crippen LogP contribution in [-0.4, -0.2) is 9.55 Å². The number of anilines is 1. The lowest BCUT2D eigenvalue weighted by molar-refractivity contribution is 1.09. The number of fused-ring (bicyclic) bond motifs is 1. The Morgan fingerprint density at radius 1 is 1.06 bits per heavy atom. The van der Waals surface area contributed by atoms with Crippen molar-refractivity contribution < 1.29 is 0 Å². The van der Waals surface area contributed by atoms with Crippen LogP contribution in [0.4, 0.5) is 5.69 Å². The third-order valence-electron chi connectivity index (χ3n) is 2.73. The summed E-state index contributed by atoms with van der Waals surface area (Å²) >= 11 is 12.4. The number of hydrogen-bond acceptors (Lipinski definition) is 2. The van der Waals surface area contributed by atoms with E-state index in [2.05, 4.69) is 4.98 Å². The summed E-state index contributed by atoms with van der Waals surface area (Å²) in [6, 6.07) is 11.1. The zero-order chi connectivity index (χ0) is 12.7. The summed E-state index contributed by atoms with van der Waals surface area (Å²) < 4.78 is 1.86. The van der Waals surface area contributed by atoms with E-state index in [1.54, 1.807) is 18.5 Å². The molecule has 1 heterocycles. The molecule has 1 aromatic heterocycles. The minimum atomic E-state index is 0.503. The minimum Gasteiger partial charge on any atom is -0.399 e. The average Bonchev–Trinajstić information content (AvgIpc) is 2.72. The van der Waals surface area contributed by atoms with Crippen molar-refractivity contribution in [3.8, 4) is 5.69 Å². The molecule has 0 radical (unpaired) electrons. The first-order valence-corrected chi connectivity index (χ1v) is 6.09. The highest BCUT2D eigenvalue weighted by Crippen LogP contribution is 2.33. The van der Waals surface area contributed by atoms with Gasteiger partial charge in [0.2, 0.25) is 0 Å². The van der Waals surface area contributed by atoms with E-state index < -0.39 is 0 Å². The van der Waals surface area contributed by atoms with Crippen molar-refractivity contribution in [1.82, 2.24) is 9.55 Å². The van der Waals surface area contributed by atoms with Gasteiger partial charge in [0.05, 0.1) is 26.8 Å². The second-order valence-electron chi connectivity index (χ2n) is 3.94. The van der Waals surface area contributed by atoms with Gasteiger partial charge in [-0.1, -0.05) is 35.3 Å². The van der Waals surface area contributed by atoms with Crippen LogP contribution < -0.4 is 5.73 Å². The van der Waals surface area contributed by atoms with Crippen molar-refractivity contribution in [3.05, 3.63) is 52.8 Å². The fourth-order valence-corrected chi connectivity index (χ4v) is 2.64. The van der Waals surface area contributed by atoms with Crippen LogP contribution in [0.1, 0.15) is 0 Å². The maximum atomic E-state index is 6.21. The number of para-hydroxylation sites is 2. The van der Waals surface area contributed by atoms with E-state index in [0.717, 1.165) is 11.0 Å². The van der Waals surface area contributed by atoms with E-state index in [0.29, 0.717) is 21.4 Å². The van der Waals surface area contributed by atoms with Crippen molar-refractivity contribution >= 4 is 39.9 Å². The van der Waals surface area contributed by atoms with Crippen molar-refractivity contribution in [2.24, 2.45) is 0 Å². The van der Waals surface area contributed by atoms with E-state index in [9.17, 15) is 0 Å². The van der Waals surface area contributed by atoms with E-state index in [1.165, 1.54) is 0 Å². The highest BCUT2D eigenvalue weighted by atomic mass is 35.5. The van der Waals surface area contributed by atoms with Gasteiger partial charge in [0.1, 0.15) is 6.33 Å². The molecule has 2 N–H and O–H groups in total. The molecule has 0 aliphatic carbocycles. The molecule has 0 bridgehead atoms. The number of benzene rings is 2. The molecule has 0 spiro atoms. The second-order valence-corrected chi connectivity index (χ2v) is 4.75. The number of rotatable bonds is 1. The van der Waals surface area contributed by atoms with Crippen molar-refractivity contribution in [2.75, 3.05) is 5.73 Å². The summed E-state index contributed by atoms with van der Waals surface area (Å²) in [6.45, 7) is 0. The maximum absolute atomic E-state index is 6.21. The number of imidazole rings is 1. The lowest BCUT2D eigenvalue weighted by Crippen LogP contribution is -1.96. The van der Waals surface area contributed by atoms with Gasteiger partial charge >= 0.3 is 0 Å². The zero-order valence-electron chi connectivity index (χ0n) is 9.27. The molecule has 0 fully saturated rings. The van der Waals surface area contributed by atoms with E-state index in [1.807, 2.05) is 28.8 Å². The Bertz CT molecular complexity index is 711. The SMILES string of the molecule is Nc1cc(Cl)c(-n2cnc3ccccc32)c(Cl)c1. The van der Waals surface area contributed by atoms with Gasteiger partial charge in [-0.25, -0.2) is 4.98 Å². The van der Waals surface area contributed by atoms with E-state index in [-0.39, 0.29) is 0 Å². The quantitative estimate of drug-likeness (QED) is 0.686. The standard InChI is InChI=1S/C13H9Cl2N3/c14-9-5-8(16)6-10(15)13(9)18-7-17-11-3-1-2-4-12(11)18/h1-7H,16H2. The third kappa shape index (κ3) is 1.72. The van der Waals surface area contributed by atoms with Gasteiger partial charge in [-0.15, -0.1) is 0 Å². The molecule has 3 rings (SSSR count). The first kappa shape index (κ1) is 11.4. The fraction of sp³-hybridized carbons (Fsp3) is 0. The molecule has 5 heteroatoms. The lowest BCUT2D eigenvalue weighted by atomic mass is 10.2. The molecule has 0 unspecified atom stereocenters. The van der Waals surface area contributed by atoms with Crippen LogP contribution in [0.3, 0.4) is 0 Å². The normalized spacial score (nSPS) is 11.0. The highest BCUT2D eigenvalue weighted by molar-refractivity contribution is 6.38. The third-order valence-corrected chi connectivity index (χ3v) is 3.31. The molecule has 0 aliphatic heterocycles. The van der Waals surface area contributed by atoms with Gasteiger partial charge in [0.25, 0.3) is 0 Å². The van der Waals surface area contributed by atoms with Crippen LogP contribution in [-0.2, 0) is 0 Å². The Labute approximate surface area is 114 Å². The molecule has 90 valence electrons. The molecular formula is C13H9Cl2N3. The fourth-order valence-electron chi connectivity index (χ4n) is 1.95. The molecule has 2 aromatic carbocycles. The number of hydrogen-bond donors (Lipinski definition) is 1. The molecular weight excluding hydrogens is 269 g/mol. The Balaban J connectivity index is 2.33. The first-order chi connectivity index (χ1) is 8.66. The number of nitrogens with two attached hydrogens (primary N) is 1. The van der Waals surface area contributed by atoms with Crippen LogP contribution in [0, 0.1) is 0 Å². The summed E-state index contributed by atoms with van der Waals surface area (Å²) in [5, 5.41) is 1.01. The van der Waals surface area contributed by atoms with Crippen LogP contribution in [0.25, 0.3) is 16.7 Å². The van der Waals surface area contributed by atoms with Gasteiger partial charge in [0.15, 0.2) is 0 Å². The summed E-state index contributed by atoms with van der Waals surface area (Å²) in [5.41, 5.74) is 8.78. The van der Waals surface area contributed by atoms with Gasteiger partial charge in [-0.2, -0.15) is 0 Å². The van der Waals surface area contributed by atoms with Crippen LogP contribution in [0.15, 0.2) is 42.7 Å². The Morgan fingerprint density at radius 3 is 2.44 bits per heavy atom. The molecule has 0 saturated heterocycles. The summed E-state index contributed by atoms with van der Waals surface area (Å²) in [7, 11) is 0. The van der Waals surface area contributed by atoms with E-state index in [4.69, 9.17) is 28.9 Å². The van der Waals surface area contributed by atoms with Gasteiger partial charge < -0.3 is 5.73 Å². The Morgan fingerprint density at radius 2 is 1.72 bits per heavy atom. The minimum absolute atomic E-state index is 0.503. The van der Waals surface area contributed by atoms with Gasteiger partial charge in [0, 0.05) is 5.69 Å². The predicted molar refractivity (Wildman–Crippen MR) is 75.5 cm³/mol. The largest absolute Gasteiger partial charge is 0.399 e. The Kier molecular flexibility index (Phi) is 2.65. The molecule has 3 aromatic rings. The molecule has 0 atom stereocenters. The summed E-state index contributed by atoms with van der Waals surface area (Å²) in [6.07, 6.45) is 1.70. The molecule has 0 aliphatic rings. The van der Waals surface area contributed by atoms with Crippen LogP contribution in [0.2, 0.25) is 10.0 Å². The predicted octanol–water partition coefficient (Wildman–Crippen LogP) is 3.91. The number of halogens is 2. The number of nitrogens with zero attached hydrogens (tertiary/aromatic N) is 2. The van der Waals surface area contributed by atoms with Crippen molar-refractivity contribution in [1.29, 1.82) is 0 Å². The van der Waals surface area contributed by atoms with Gasteiger partial charge in [-0.3, -0.25) is 4.57 Å². The van der Waals surface area contributed by atoms with Gasteiger partial charge in [-0.05, 0) is 24.3 Å². The lowest BCUT2D eigenvalue weighted by Gasteiger charge is -2.10. The molecule has 18 heavy (non-hydrogen) atoms. The Hall–Kier alpha value is -1.71. The zero-order valence-corrected chi connectivity index (χ0v) is 10.8. The topological polar surface area (TPSA) is 43.8 Å². The number of aromatic nitrogens is 2. The monoisotopic (exact) mass is 277 g/mol.